The van der Waals surface area contributed by atoms with Gasteiger partial charge < -0.3 is 48.1 Å². The molecule has 17 nitrogen and oxygen atoms in total. The van der Waals surface area contributed by atoms with Crippen LogP contribution in [0.3, 0.4) is 0 Å². The van der Waals surface area contributed by atoms with Gasteiger partial charge in [-0.25, -0.2) is 4.79 Å². The first-order chi connectivity index (χ1) is 21.5. The summed E-state index contributed by atoms with van der Waals surface area (Å²) in [5.74, 6) is 0. The van der Waals surface area contributed by atoms with Crippen LogP contribution in [0.4, 0.5) is 21.9 Å². The standard InChI is InChI=1S/C28H48N4O13/c1-28(2,3)45-27(33)30(4)8-10-39-12-14-41-16-18-43-20-22-44-21-19-42-17-15-40-13-11-38-9-7-29-25-6-5-24(31(34)35)23-26(25)32(36)37/h5-6,23,29H,7-22H2,1-4H3. The average Bonchev–Trinajstić information content (AvgIpc) is 2.98. The van der Waals surface area contributed by atoms with Gasteiger partial charge in [-0.15, -0.1) is 0 Å². The van der Waals surface area contributed by atoms with Crippen LogP contribution in [0, 0.1) is 20.2 Å². The highest BCUT2D eigenvalue weighted by Crippen LogP contribution is 2.28. The highest BCUT2D eigenvalue weighted by atomic mass is 16.6. The zero-order chi connectivity index (χ0) is 33.3. The van der Waals surface area contributed by atoms with Crippen LogP contribution in [0.25, 0.3) is 0 Å². The first kappa shape index (κ1) is 39.8. The molecule has 0 spiro atoms. The Bertz CT molecular complexity index is 978. The van der Waals surface area contributed by atoms with Gasteiger partial charge in [0.15, 0.2) is 0 Å². The SMILES string of the molecule is CN(CCOCCOCCOCCOCCOCCOCCOCCNc1ccc([N+](=O)[O-])cc1[N+](=O)[O-])C(=O)OC(C)(C)C. The highest BCUT2D eigenvalue weighted by molar-refractivity contribution is 5.67. The monoisotopic (exact) mass is 648 g/mol. The molecule has 0 saturated carbocycles. The summed E-state index contributed by atoms with van der Waals surface area (Å²) in [6.45, 7) is 11.8. The van der Waals surface area contributed by atoms with Crippen LogP contribution in [0.5, 0.6) is 0 Å². The van der Waals surface area contributed by atoms with E-state index < -0.39 is 15.4 Å². The van der Waals surface area contributed by atoms with Gasteiger partial charge in [-0.2, -0.15) is 0 Å². The van der Waals surface area contributed by atoms with Crippen molar-refractivity contribution in [2.75, 3.05) is 118 Å². The van der Waals surface area contributed by atoms with Gasteiger partial charge in [-0.3, -0.25) is 20.2 Å². The lowest BCUT2D eigenvalue weighted by molar-refractivity contribution is -0.393. The molecule has 17 heteroatoms. The van der Waals surface area contributed by atoms with Crippen molar-refractivity contribution in [1.29, 1.82) is 0 Å². The quantitative estimate of drug-likeness (QED) is 0.0831. The van der Waals surface area contributed by atoms with E-state index in [2.05, 4.69) is 5.32 Å². The van der Waals surface area contributed by atoms with Gasteiger partial charge in [0.05, 0.1) is 108 Å². The molecule has 0 bridgehead atoms. The van der Waals surface area contributed by atoms with Gasteiger partial charge in [0.2, 0.25) is 0 Å². The molecule has 0 radical (unpaired) electrons. The van der Waals surface area contributed by atoms with E-state index in [1.54, 1.807) is 7.05 Å². The number of rotatable bonds is 27. The number of likely N-dealkylation sites (N-methyl/N-ethyl adjacent to an activating group) is 1. The molecule has 0 unspecified atom stereocenters. The maximum Gasteiger partial charge on any atom is 0.410 e. The first-order valence-corrected chi connectivity index (χ1v) is 14.7. The Hall–Kier alpha value is -3.19. The number of nitro groups is 2. The summed E-state index contributed by atoms with van der Waals surface area (Å²) < 4.78 is 43.3. The molecule has 45 heavy (non-hydrogen) atoms. The third-order valence-corrected chi connectivity index (χ3v) is 5.46. The number of hydrogen-bond acceptors (Lipinski definition) is 14. The summed E-state index contributed by atoms with van der Waals surface area (Å²) in [5, 5.41) is 24.8. The molecular formula is C28H48N4O13. The van der Waals surface area contributed by atoms with E-state index in [0.29, 0.717) is 92.4 Å². The Balaban J connectivity index is 1.82. The fourth-order valence-corrected chi connectivity index (χ4v) is 3.25. The Morgan fingerprint density at radius 1 is 0.711 bits per heavy atom. The number of anilines is 1. The molecule has 1 aromatic carbocycles. The van der Waals surface area contributed by atoms with Gasteiger partial charge in [0.1, 0.15) is 11.3 Å². The molecule has 0 fully saturated rings. The van der Waals surface area contributed by atoms with Gasteiger partial charge in [-0.05, 0) is 26.8 Å². The summed E-state index contributed by atoms with van der Waals surface area (Å²) in [5.41, 5.74) is -1.06. The molecule has 1 amide bonds. The predicted octanol–water partition coefficient (Wildman–Crippen LogP) is 2.90. The third kappa shape index (κ3) is 21.2. The van der Waals surface area contributed by atoms with Gasteiger partial charge in [0, 0.05) is 26.2 Å². The van der Waals surface area contributed by atoms with Crippen LogP contribution in [0.15, 0.2) is 18.2 Å². The summed E-state index contributed by atoms with van der Waals surface area (Å²) >= 11 is 0. The fraction of sp³-hybridized carbons (Fsp3) is 0.750. The number of benzene rings is 1. The van der Waals surface area contributed by atoms with Crippen molar-refractivity contribution in [2.45, 2.75) is 26.4 Å². The number of ether oxygens (including phenoxy) is 8. The van der Waals surface area contributed by atoms with Crippen molar-refractivity contribution >= 4 is 23.2 Å². The van der Waals surface area contributed by atoms with Crippen LogP contribution < -0.4 is 5.32 Å². The minimum absolute atomic E-state index is 0.182. The van der Waals surface area contributed by atoms with Crippen molar-refractivity contribution in [3.63, 3.8) is 0 Å². The number of nitro benzene ring substituents is 2. The van der Waals surface area contributed by atoms with Crippen LogP contribution in [-0.2, 0) is 37.9 Å². The number of non-ortho nitro benzene ring substituents is 1. The maximum absolute atomic E-state index is 11.8. The third-order valence-electron chi connectivity index (χ3n) is 5.46. The first-order valence-electron chi connectivity index (χ1n) is 14.7. The molecule has 1 aromatic rings. The Labute approximate surface area is 263 Å². The zero-order valence-electron chi connectivity index (χ0n) is 26.7. The number of carbonyl (C=O) groups is 1. The lowest BCUT2D eigenvalue weighted by atomic mass is 10.2. The van der Waals surface area contributed by atoms with Crippen molar-refractivity contribution in [3.05, 3.63) is 38.4 Å². The largest absolute Gasteiger partial charge is 0.444 e. The van der Waals surface area contributed by atoms with Crippen molar-refractivity contribution in [1.82, 2.24) is 4.90 Å². The molecule has 0 aromatic heterocycles. The summed E-state index contributed by atoms with van der Waals surface area (Å²) in [4.78, 5) is 33.9. The number of nitrogens with one attached hydrogen (secondary N) is 1. The lowest BCUT2D eigenvalue weighted by Gasteiger charge is -2.24. The summed E-state index contributed by atoms with van der Waals surface area (Å²) in [7, 11) is 1.66. The molecule has 0 aliphatic rings. The Kier molecular flexibility index (Phi) is 21.3. The molecule has 0 heterocycles. The topological polar surface area (TPSA) is 192 Å². The van der Waals surface area contributed by atoms with Crippen LogP contribution in [-0.4, -0.2) is 139 Å². The minimum atomic E-state index is -0.684. The molecule has 0 saturated heterocycles. The second-order valence-electron chi connectivity index (χ2n) is 10.3. The van der Waals surface area contributed by atoms with E-state index >= 15 is 0 Å². The normalized spacial score (nSPS) is 11.4. The highest BCUT2D eigenvalue weighted by Gasteiger charge is 2.20. The van der Waals surface area contributed by atoms with E-state index in [0.717, 1.165) is 6.07 Å². The number of hydrogen-bond donors (Lipinski definition) is 1. The lowest BCUT2D eigenvalue weighted by Crippen LogP contribution is -2.36. The molecule has 0 atom stereocenters. The fourth-order valence-electron chi connectivity index (χ4n) is 3.25. The number of carbonyl (C=O) groups excluding carboxylic acids is 1. The van der Waals surface area contributed by atoms with Gasteiger partial charge in [0.25, 0.3) is 11.4 Å². The van der Waals surface area contributed by atoms with Crippen LogP contribution >= 0.6 is 0 Å². The zero-order valence-corrected chi connectivity index (χ0v) is 26.7. The maximum atomic E-state index is 11.8. The minimum Gasteiger partial charge on any atom is -0.444 e. The van der Waals surface area contributed by atoms with E-state index in [4.69, 9.17) is 37.9 Å². The predicted molar refractivity (Wildman–Crippen MR) is 163 cm³/mol. The van der Waals surface area contributed by atoms with E-state index in [-0.39, 0.29) is 36.3 Å². The van der Waals surface area contributed by atoms with Crippen molar-refractivity contribution in [3.8, 4) is 0 Å². The average molecular weight is 649 g/mol. The second-order valence-corrected chi connectivity index (χ2v) is 10.3. The van der Waals surface area contributed by atoms with E-state index in [1.165, 1.54) is 17.0 Å². The molecule has 1 rings (SSSR count). The molecule has 0 aliphatic heterocycles. The molecule has 0 aliphatic carbocycles. The summed E-state index contributed by atoms with van der Waals surface area (Å²) in [6.07, 6.45) is -0.381. The molecule has 258 valence electrons. The molecule has 1 N–H and O–H groups in total. The second kappa shape index (κ2) is 24.1. The van der Waals surface area contributed by atoms with Crippen LogP contribution in [0.2, 0.25) is 0 Å². The van der Waals surface area contributed by atoms with Crippen molar-refractivity contribution < 1.29 is 52.5 Å². The van der Waals surface area contributed by atoms with Crippen molar-refractivity contribution in [2.24, 2.45) is 0 Å². The molecular weight excluding hydrogens is 600 g/mol. The van der Waals surface area contributed by atoms with E-state index in [1.807, 2.05) is 20.8 Å². The smallest absolute Gasteiger partial charge is 0.410 e. The van der Waals surface area contributed by atoms with Crippen LogP contribution in [0.1, 0.15) is 20.8 Å². The van der Waals surface area contributed by atoms with Gasteiger partial charge in [-0.1, -0.05) is 0 Å². The number of amides is 1. The number of nitrogens with zero attached hydrogens (tertiary/aromatic N) is 3. The Morgan fingerprint density at radius 2 is 1.13 bits per heavy atom. The summed E-state index contributed by atoms with van der Waals surface area (Å²) in [6, 6.07) is 3.42. The van der Waals surface area contributed by atoms with Gasteiger partial charge >= 0.3 is 6.09 Å². The Morgan fingerprint density at radius 3 is 1.53 bits per heavy atom. The van der Waals surface area contributed by atoms with E-state index in [9.17, 15) is 25.0 Å².